The van der Waals surface area contributed by atoms with Gasteiger partial charge in [0.1, 0.15) is 17.8 Å². The summed E-state index contributed by atoms with van der Waals surface area (Å²) >= 11 is 11.6. The van der Waals surface area contributed by atoms with Gasteiger partial charge in [-0.3, -0.25) is 9.89 Å². The van der Waals surface area contributed by atoms with Gasteiger partial charge in [-0.2, -0.15) is 10.4 Å². The van der Waals surface area contributed by atoms with E-state index in [1.165, 1.54) is 19.0 Å². The molecule has 0 aliphatic carbocycles. The molecular weight excluding hydrogens is 451 g/mol. The molecule has 0 unspecified atom stereocenters. The number of H-pyrrole nitrogens is 1. The van der Waals surface area contributed by atoms with Gasteiger partial charge in [0.25, 0.3) is 6.47 Å². The molecule has 11 nitrogen and oxygen atoms in total. The van der Waals surface area contributed by atoms with Crippen molar-refractivity contribution in [3.63, 3.8) is 0 Å². The molecule has 0 bridgehead atoms. The lowest BCUT2D eigenvalue weighted by molar-refractivity contribution is -0.122. The zero-order valence-electron chi connectivity index (χ0n) is 16.4. The summed E-state index contributed by atoms with van der Waals surface area (Å²) in [6, 6.07) is 12.2. The molecule has 1 aromatic heterocycles. The average Bonchev–Trinajstić information content (AvgIpc) is 3.29. The SMILES string of the molecule is COc1cc(Cl)cc(-c2ncn[nH]2)c1.COc1cc(Cl)cc(C#N)c1.NNO.O=CO. The van der Waals surface area contributed by atoms with Crippen LogP contribution in [-0.4, -0.2) is 46.2 Å². The van der Waals surface area contributed by atoms with Crippen molar-refractivity contribution in [3.05, 3.63) is 58.3 Å². The predicted molar refractivity (Wildman–Crippen MR) is 114 cm³/mol. The number of ether oxygens (including phenoxy) is 2. The van der Waals surface area contributed by atoms with E-state index in [0.717, 1.165) is 5.56 Å². The molecule has 2 aromatic carbocycles. The Morgan fingerprint density at radius 2 is 1.65 bits per heavy atom. The maximum absolute atomic E-state index is 8.52. The van der Waals surface area contributed by atoms with Crippen molar-refractivity contribution in [3.8, 4) is 29.0 Å². The molecule has 0 fully saturated rings. The third-order valence-corrected chi connectivity index (χ3v) is 3.47. The molecule has 3 rings (SSSR count). The van der Waals surface area contributed by atoms with Crippen LogP contribution in [0.25, 0.3) is 11.4 Å². The topological polar surface area (TPSA) is 179 Å². The fourth-order valence-corrected chi connectivity index (χ4v) is 2.36. The fraction of sp³-hybridized carbons (Fsp3) is 0.111. The van der Waals surface area contributed by atoms with Gasteiger partial charge in [-0.1, -0.05) is 23.2 Å². The number of benzene rings is 2. The lowest BCUT2D eigenvalue weighted by atomic mass is 10.2. The third kappa shape index (κ3) is 11.4. The number of hydrogen-bond donors (Lipinski definition) is 5. The van der Waals surface area contributed by atoms with Crippen LogP contribution in [0.5, 0.6) is 11.5 Å². The van der Waals surface area contributed by atoms with Gasteiger partial charge in [0.15, 0.2) is 5.82 Å². The highest BCUT2D eigenvalue weighted by Gasteiger charge is 2.04. The first kappa shape index (κ1) is 27.6. The van der Waals surface area contributed by atoms with Crippen molar-refractivity contribution in [1.29, 1.82) is 5.26 Å². The van der Waals surface area contributed by atoms with Gasteiger partial charge in [-0.05, 0) is 36.4 Å². The highest BCUT2D eigenvalue weighted by molar-refractivity contribution is 6.31. The predicted octanol–water partition coefficient (Wildman–Crippen LogP) is 2.89. The molecule has 0 radical (unpaired) electrons. The minimum absolute atomic E-state index is 0.250. The number of hydrazine groups is 1. The maximum Gasteiger partial charge on any atom is 0.290 e. The first-order valence-corrected chi connectivity index (χ1v) is 8.77. The Morgan fingerprint density at radius 1 is 1.13 bits per heavy atom. The first-order chi connectivity index (χ1) is 14.9. The number of nitrogens with zero attached hydrogens (tertiary/aromatic N) is 3. The van der Waals surface area contributed by atoms with Gasteiger partial charge >= 0.3 is 0 Å². The number of carboxylic acid groups (broad SMARTS) is 1. The van der Waals surface area contributed by atoms with E-state index in [0.29, 0.717) is 32.9 Å². The monoisotopic (exact) mass is 470 g/mol. The molecule has 13 heteroatoms. The van der Waals surface area contributed by atoms with Gasteiger partial charge in [0, 0.05) is 15.6 Å². The second-order valence-electron chi connectivity index (χ2n) is 4.94. The van der Waals surface area contributed by atoms with E-state index in [2.05, 4.69) is 21.0 Å². The van der Waals surface area contributed by atoms with Gasteiger partial charge in [0.05, 0.1) is 25.9 Å². The fourth-order valence-electron chi connectivity index (χ4n) is 1.91. The highest BCUT2D eigenvalue weighted by atomic mass is 35.5. The molecule has 0 saturated carbocycles. The molecule has 0 spiro atoms. The number of nitrogens with one attached hydrogen (secondary N) is 2. The van der Waals surface area contributed by atoms with E-state index < -0.39 is 0 Å². The van der Waals surface area contributed by atoms with E-state index in [1.807, 2.05) is 12.1 Å². The second-order valence-corrected chi connectivity index (χ2v) is 5.81. The highest BCUT2D eigenvalue weighted by Crippen LogP contribution is 2.25. The van der Waals surface area contributed by atoms with Crippen LogP contribution in [0.4, 0.5) is 0 Å². The molecule has 0 aliphatic rings. The van der Waals surface area contributed by atoms with Gasteiger partial charge in [-0.15, -0.1) is 5.59 Å². The van der Waals surface area contributed by atoms with Gasteiger partial charge in [-0.25, -0.2) is 10.8 Å². The van der Waals surface area contributed by atoms with Crippen LogP contribution in [-0.2, 0) is 4.79 Å². The molecule has 0 saturated heterocycles. The lowest BCUT2D eigenvalue weighted by Crippen LogP contribution is -2.14. The minimum Gasteiger partial charge on any atom is -0.497 e. The molecule has 0 amide bonds. The number of methoxy groups -OCH3 is 2. The van der Waals surface area contributed by atoms with Crippen LogP contribution in [0, 0.1) is 11.3 Å². The van der Waals surface area contributed by atoms with Crippen LogP contribution in [0.3, 0.4) is 0 Å². The van der Waals surface area contributed by atoms with E-state index in [4.69, 9.17) is 53.0 Å². The zero-order valence-corrected chi connectivity index (χ0v) is 17.9. The molecule has 0 aliphatic heterocycles. The van der Waals surface area contributed by atoms with Crippen molar-refractivity contribution < 1.29 is 24.6 Å². The molecule has 3 aromatic rings. The smallest absolute Gasteiger partial charge is 0.290 e. The normalized spacial score (nSPS) is 8.68. The van der Waals surface area contributed by atoms with Crippen molar-refractivity contribution in [2.24, 2.45) is 5.84 Å². The number of halogens is 2. The van der Waals surface area contributed by atoms with E-state index in [1.54, 1.807) is 37.4 Å². The van der Waals surface area contributed by atoms with Crippen molar-refractivity contribution in [2.45, 2.75) is 0 Å². The van der Waals surface area contributed by atoms with E-state index in [-0.39, 0.29) is 6.47 Å². The number of nitriles is 1. The largest absolute Gasteiger partial charge is 0.497 e. The number of hydrogen-bond acceptors (Lipinski definition) is 9. The Hall–Kier alpha value is -3.40. The van der Waals surface area contributed by atoms with Crippen LogP contribution in [0.1, 0.15) is 5.56 Å². The Balaban J connectivity index is 0.000000473. The third-order valence-electron chi connectivity index (χ3n) is 3.03. The number of aromatic nitrogens is 3. The molecule has 31 heavy (non-hydrogen) atoms. The number of carbonyl (C=O) groups is 1. The lowest BCUT2D eigenvalue weighted by Gasteiger charge is -2.02. The summed E-state index contributed by atoms with van der Waals surface area (Å²) in [7, 11) is 3.13. The van der Waals surface area contributed by atoms with Gasteiger partial charge < -0.3 is 19.8 Å². The summed E-state index contributed by atoms with van der Waals surface area (Å²) in [6.45, 7) is -0.250. The molecule has 1 heterocycles. The van der Waals surface area contributed by atoms with Crippen LogP contribution >= 0.6 is 23.2 Å². The summed E-state index contributed by atoms with van der Waals surface area (Å²) in [6.07, 6.45) is 1.45. The Labute approximate surface area is 187 Å². The Morgan fingerprint density at radius 3 is 2.10 bits per heavy atom. The summed E-state index contributed by atoms with van der Waals surface area (Å²) < 4.78 is 9.99. The van der Waals surface area contributed by atoms with Crippen molar-refractivity contribution in [1.82, 2.24) is 20.8 Å². The quantitative estimate of drug-likeness (QED) is 0.217. The Bertz CT molecular complexity index is 951. The average molecular weight is 471 g/mol. The zero-order chi connectivity index (χ0) is 23.6. The maximum atomic E-state index is 8.52. The molecule has 6 N–H and O–H groups in total. The first-order valence-electron chi connectivity index (χ1n) is 8.01. The number of aromatic amines is 1. The standard InChI is InChI=1S/C9H8ClN3O.C8H6ClNO.CH2O2.H4N2O/c1-14-8-3-6(2-7(10)4-8)9-11-5-12-13-9;1-11-8-3-6(5-10)2-7(9)4-8;2-1-3;1-2-3/h2-5H,1H3,(H,11,12,13);2-4H,1H3;1H,(H,2,3);2-3H,1H2. The minimum atomic E-state index is -0.250. The Kier molecular flexibility index (Phi) is 14.6. The van der Waals surface area contributed by atoms with Crippen LogP contribution in [0.2, 0.25) is 10.0 Å². The second kappa shape index (κ2) is 16.4. The van der Waals surface area contributed by atoms with E-state index in [9.17, 15) is 0 Å². The number of nitrogens with two attached hydrogens (primary N) is 1. The van der Waals surface area contributed by atoms with Crippen molar-refractivity contribution in [2.75, 3.05) is 14.2 Å². The summed E-state index contributed by atoms with van der Waals surface area (Å²) in [5, 5.41) is 30.1. The van der Waals surface area contributed by atoms with Crippen LogP contribution in [0.15, 0.2) is 42.7 Å². The molecule has 166 valence electrons. The van der Waals surface area contributed by atoms with Gasteiger partial charge in [0.2, 0.25) is 0 Å². The summed E-state index contributed by atoms with van der Waals surface area (Å²) in [5.41, 5.74) is 2.61. The molecule has 0 atom stereocenters. The van der Waals surface area contributed by atoms with Crippen LogP contribution < -0.4 is 20.9 Å². The summed E-state index contributed by atoms with van der Waals surface area (Å²) in [5.74, 6) is 6.13. The van der Waals surface area contributed by atoms with Crippen molar-refractivity contribution >= 4 is 29.7 Å². The number of rotatable bonds is 3. The molecular formula is C18H20Cl2N6O5. The summed E-state index contributed by atoms with van der Waals surface area (Å²) in [4.78, 5) is 12.4. The van der Waals surface area contributed by atoms with E-state index >= 15 is 0 Å².